The van der Waals surface area contributed by atoms with Crippen LogP contribution < -0.4 is 0 Å². The Hall–Kier alpha value is -1.10. The first-order chi connectivity index (χ1) is 12.2. The molecule has 0 saturated carbocycles. The van der Waals surface area contributed by atoms with E-state index in [1.54, 1.807) is 0 Å². The van der Waals surface area contributed by atoms with Crippen LogP contribution in [-0.2, 0) is 11.1 Å². The summed E-state index contributed by atoms with van der Waals surface area (Å²) in [7, 11) is -1.72. The molecular formula is C21H35BO3. The van der Waals surface area contributed by atoms with Gasteiger partial charge < -0.3 is 14.7 Å². The van der Waals surface area contributed by atoms with Crippen LogP contribution in [0.4, 0.5) is 0 Å². The van der Waals surface area contributed by atoms with Crippen molar-refractivity contribution in [1.82, 2.24) is 0 Å². The Labute approximate surface area is 154 Å². The molecule has 140 valence electrons. The summed E-state index contributed by atoms with van der Waals surface area (Å²) in [5.41, 5.74) is 2.37. The molecule has 1 rings (SSSR count). The molecule has 2 N–H and O–H groups in total. The van der Waals surface area contributed by atoms with Crippen molar-refractivity contribution in [3.05, 3.63) is 47.5 Å². The van der Waals surface area contributed by atoms with Gasteiger partial charge in [-0.1, -0.05) is 75.9 Å². The molecule has 0 aliphatic rings. The van der Waals surface area contributed by atoms with Crippen LogP contribution >= 0.6 is 0 Å². The molecular weight excluding hydrogens is 311 g/mol. The van der Waals surface area contributed by atoms with E-state index in [1.807, 2.05) is 6.07 Å². The molecule has 0 aromatic heterocycles. The van der Waals surface area contributed by atoms with Crippen molar-refractivity contribution in [2.24, 2.45) is 0 Å². The van der Waals surface area contributed by atoms with Crippen LogP contribution in [0.3, 0.4) is 0 Å². The minimum absolute atomic E-state index is 0.245. The second kappa shape index (κ2) is 14.1. The van der Waals surface area contributed by atoms with Crippen LogP contribution in [-0.4, -0.2) is 17.4 Å². The highest BCUT2D eigenvalue weighted by Crippen LogP contribution is 2.27. The Kier molecular flexibility index (Phi) is 12.4. The van der Waals surface area contributed by atoms with Crippen molar-refractivity contribution in [1.29, 1.82) is 0 Å². The van der Waals surface area contributed by atoms with Crippen molar-refractivity contribution in [3.63, 3.8) is 0 Å². The molecule has 0 aliphatic heterocycles. The third-order valence-corrected chi connectivity index (χ3v) is 4.43. The quantitative estimate of drug-likeness (QED) is 0.271. The molecule has 0 saturated heterocycles. The first kappa shape index (κ1) is 21.9. The smallest absolute Gasteiger partial charge is 0.402 e. The Balaban J connectivity index is 2.43. The van der Waals surface area contributed by atoms with Gasteiger partial charge in [0.1, 0.15) is 0 Å². The predicted molar refractivity (Wildman–Crippen MR) is 106 cm³/mol. The molecule has 0 radical (unpaired) electrons. The first-order valence-electron chi connectivity index (χ1n) is 9.93. The Bertz CT molecular complexity index is 474. The fraction of sp³-hybridized carbons (Fsp3) is 0.619. The minimum atomic E-state index is -1.72. The van der Waals surface area contributed by atoms with Crippen molar-refractivity contribution in [2.75, 3.05) is 0 Å². The molecule has 0 bridgehead atoms. The van der Waals surface area contributed by atoms with E-state index >= 15 is 0 Å². The topological polar surface area (TPSA) is 49.7 Å². The van der Waals surface area contributed by atoms with Gasteiger partial charge in [-0.2, -0.15) is 0 Å². The highest BCUT2D eigenvalue weighted by molar-refractivity contribution is 6.32. The van der Waals surface area contributed by atoms with Gasteiger partial charge in [0.05, 0.1) is 6.10 Å². The summed E-state index contributed by atoms with van der Waals surface area (Å²) in [6.07, 6.45) is 15.7. The monoisotopic (exact) mass is 346 g/mol. The third kappa shape index (κ3) is 9.83. The van der Waals surface area contributed by atoms with Crippen LogP contribution in [0, 0.1) is 0 Å². The van der Waals surface area contributed by atoms with Crippen molar-refractivity contribution in [2.45, 2.75) is 84.2 Å². The van der Waals surface area contributed by atoms with E-state index in [4.69, 9.17) is 4.65 Å². The number of hydrogen-bond donors (Lipinski definition) is 2. The van der Waals surface area contributed by atoms with E-state index < -0.39 is 7.32 Å². The van der Waals surface area contributed by atoms with Crippen LogP contribution in [0.25, 0.3) is 0 Å². The third-order valence-electron chi connectivity index (χ3n) is 4.43. The summed E-state index contributed by atoms with van der Waals surface area (Å²) >= 11 is 0. The summed E-state index contributed by atoms with van der Waals surface area (Å²) < 4.78 is 5.31. The number of allylic oxidation sites excluding steroid dienone is 2. The van der Waals surface area contributed by atoms with Crippen molar-refractivity contribution >= 4 is 7.32 Å². The molecule has 3 nitrogen and oxygen atoms in total. The van der Waals surface area contributed by atoms with E-state index in [0.717, 1.165) is 31.2 Å². The highest BCUT2D eigenvalue weighted by Gasteiger charge is 2.21. The lowest BCUT2D eigenvalue weighted by atomic mass is 9.94. The molecule has 1 aromatic carbocycles. The lowest BCUT2D eigenvalue weighted by Crippen LogP contribution is -2.21. The fourth-order valence-corrected chi connectivity index (χ4v) is 3.12. The molecule has 0 fully saturated rings. The zero-order valence-electron chi connectivity index (χ0n) is 16.0. The maximum Gasteiger partial charge on any atom is 0.634 e. The molecule has 0 amide bonds. The summed E-state index contributed by atoms with van der Waals surface area (Å²) in [6.45, 7) is 4.29. The van der Waals surface area contributed by atoms with Gasteiger partial charge in [-0.05, 0) is 49.7 Å². The van der Waals surface area contributed by atoms with Gasteiger partial charge in [-0.25, -0.2) is 0 Å². The maximum absolute atomic E-state index is 9.18. The standard InChI is InChI=1S/C21H35BO3/c1-3-5-6-7-8-9-10-11-12-16-19-17-13-14-18-20(19)21(15-4-2)25-22(23)24/h6-7,13-14,17-18,21,23-24H,3-5,8-12,15-16H2,1-2H3. The Morgan fingerprint density at radius 2 is 1.68 bits per heavy atom. The number of aryl methyl sites for hydroxylation is 1. The SMILES string of the molecule is CCCC=CCCCCCCc1ccccc1C(CCC)OB(O)O. The average molecular weight is 346 g/mol. The molecule has 1 atom stereocenters. The van der Waals surface area contributed by atoms with Crippen LogP contribution in [0.2, 0.25) is 0 Å². The van der Waals surface area contributed by atoms with Crippen LogP contribution in [0.5, 0.6) is 0 Å². The van der Waals surface area contributed by atoms with E-state index in [9.17, 15) is 10.0 Å². The van der Waals surface area contributed by atoms with Gasteiger partial charge in [0.25, 0.3) is 0 Å². The number of benzene rings is 1. The molecule has 4 heteroatoms. The minimum Gasteiger partial charge on any atom is -0.402 e. The van der Waals surface area contributed by atoms with E-state index in [2.05, 4.69) is 44.2 Å². The van der Waals surface area contributed by atoms with Gasteiger partial charge >= 0.3 is 7.32 Å². The van der Waals surface area contributed by atoms with Gasteiger partial charge in [0.15, 0.2) is 0 Å². The predicted octanol–water partition coefficient (Wildman–Crippen LogP) is 5.36. The first-order valence-corrected chi connectivity index (χ1v) is 9.93. The summed E-state index contributed by atoms with van der Waals surface area (Å²) in [5, 5.41) is 18.4. The van der Waals surface area contributed by atoms with Crippen molar-refractivity contribution < 1.29 is 14.7 Å². The highest BCUT2D eigenvalue weighted by atomic mass is 16.6. The van der Waals surface area contributed by atoms with Gasteiger partial charge in [0.2, 0.25) is 0 Å². The van der Waals surface area contributed by atoms with Crippen LogP contribution in [0.1, 0.15) is 88.9 Å². The second-order valence-corrected chi connectivity index (χ2v) is 6.65. The Morgan fingerprint density at radius 1 is 0.960 bits per heavy atom. The van der Waals surface area contributed by atoms with E-state index in [1.165, 1.54) is 44.1 Å². The molecule has 0 heterocycles. The number of rotatable bonds is 14. The zero-order chi connectivity index (χ0) is 18.3. The zero-order valence-corrected chi connectivity index (χ0v) is 16.0. The van der Waals surface area contributed by atoms with Crippen LogP contribution in [0.15, 0.2) is 36.4 Å². The summed E-state index contributed by atoms with van der Waals surface area (Å²) in [6, 6.07) is 8.24. The largest absolute Gasteiger partial charge is 0.634 e. The molecule has 0 aliphatic carbocycles. The lowest BCUT2D eigenvalue weighted by Gasteiger charge is -2.21. The summed E-state index contributed by atoms with van der Waals surface area (Å²) in [5.74, 6) is 0. The normalized spacial score (nSPS) is 12.6. The molecule has 1 unspecified atom stereocenters. The average Bonchev–Trinajstić information content (AvgIpc) is 2.60. The van der Waals surface area contributed by atoms with E-state index in [-0.39, 0.29) is 6.10 Å². The molecule has 25 heavy (non-hydrogen) atoms. The number of hydrogen-bond acceptors (Lipinski definition) is 3. The molecule has 0 spiro atoms. The van der Waals surface area contributed by atoms with Gasteiger partial charge in [-0.3, -0.25) is 0 Å². The fourth-order valence-electron chi connectivity index (χ4n) is 3.12. The Morgan fingerprint density at radius 3 is 2.40 bits per heavy atom. The molecule has 1 aromatic rings. The van der Waals surface area contributed by atoms with Crippen molar-refractivity contribution in [3.8, 4) is 0 Å². The van der Waals surface area contributed by atoms with Gasteiger partial charge in [0, 0.05) is 0 Å². The number of unbranched alkanes of at least 4 members (excludes halogenated alkanes) is 5. The second-order valence-electron chi connectivity index (χ2n) is 6.65. The van der Waals surface area contributed by atoms with Gasteiger partial charge in [-0.15, -0.1) is 0 Å². The van der Waals surface area contributed by atoms with E-state index in [0.29, 0.717) is 0 Å². The summed E-state index contributed by atoms with van der Waals surface area (Å²) in [4.78, 5) is 0. The lowest BCUT2D eigenvalue weighted by molar-refractivity contribution is 0.111. The maximum atomic E-state index is 9.18.